The van der Waals surface area contributed by atoms with Crippen LogP contribution in [0, 0.1) is 12.7 Å². The number of ether oxygens (including phenoxy) is 2. The Kier molecular flexibility index (Phi) is 5.44. The Hall–Kier alpha value is -4.07. The molecule has 2 aromatic carbocycles. The van der Waals surface area contributed by atoms with Crippen LogP contribution in [0.25, 0.3) is 11.5 Å². The number of nitrogens with one attached hydrogen (secondary N) is 1. The molecule has 8 heteroatoms. The fraction of sp³-hybridized carbons (Fsp3) is 0.130. The van der Waals surface area contributed by atoms with Crippen LogP contribution in [0.2, 0.25) is 0 Å². The van der Waals surface area contributed by atoms with Crippen molar-refractivity contribution in [2.75, 3.05) is 19.5 Å². The first-order valence-corrected chi connectivity index (χ1v) is 9.53. The Labute approximate surface area is 178 Å². The standard InChI is InChI=1S/C23H21FN4O3/c1-15-12-20(30-2)21(31-3)13-18(15)26-22(29)16-14-25-28(19-9-5-4-8-17(19)24)23(16)27-10-6-7-11-27/h4-14H,1-3H3,(H,26,29). The topological polar surface area (TPSA) is 70.3 Å². The normalized spacial score (nSPS) is 10.7. The number of nitrogens with zero attached hydrogens (tertiary/aromatic N) is 3. The zero-order valence-electron chi connectivity index (χ0n) is 17.3. The zero-order valence-corrected chi connectivity index (χ0v) is 17.3. The molecule has 1 N–H and O–H groups in total. The lowest BCUT2D eigenvalue weighted by Gasteiger charge is -2.14. The molecular formula is C23H21FN4O3. The van der Waals surface area contributed by atoms with Crippen molar-refractivity contribution in [3.63, 3.8) is 0 Å². The van der Waals surface area contributed by atoms with Crippen LogP contribution < -0.4 is 14.8 Å². The highest BCUT2D eigenvalue weighted by atomic mass is 19.1. The highest BCUT2D eigenvalue weighted by Crippen LogP contribution is 2.33. The third-order valence-electron chi connectivity index (χ3n) is 4.90. The van der Waals surface area contributed by atoms with E-state index in [0.717, 1.165) is 5.56 Å². The van der Waals surface area contributed by atoms with Gasteiger partial charge in [-0.2, -0.15) is 5.10 Å². The molecule has 0 aliphatic carbocycles. The zero-order chi connectivity index (χ0) is 22.0. The molecule has 1 amide bonds. The molecule has 0 saturated carbocycles. The molecule has 2 heterocycles. The van der Waals surface area contributed by atoms with Crippen LogP contribution in [0.3, 0.4) is 0 Å². The molecule has 7 nitrogen and oxygen atoms in total. The number of anilines is 1. The molecule has 0 spiro atoms. The van der Waals surface area contributed by atoms with Gasteiger partial charge in [0.2, 0.25) is 0 Å². The Balaban J connectivity index is 1.77. The van der Waals surface area contributed by atoms with E-state index in [-0.39, 0.29) is 17.2 Å². The van der Waals surface area contributed by atoms with E-state index in [0.29, 0.717) is 23.0 Å². The van der Waals surface area contributed by atoms with Crippen molar-refractivity contribution in [1.29, 1.82) is 0 Å². The lowest BCUT2D eigenvalue weighted by atomic mass is 10.1. The number of rotatable bonds is 6. The van der Waals surface area contributed by atoms with E-state index < -0.39 is 5.82 Å². The summed E-state index contributed by atoms with van der Waals surface area (Å²) in [6.45, 7) is 1.85. The molecule has 31 heavy (non-hydrogen) atoms. The Morgan fingerprint density at radius 3 is 2.39 bits per heavy atom. The first-order valence-electron chi connectivity index (χ1n) is 9.53. The second-order valence-electron chi connectivity index (χ2n) is 6.81. The van der Waals surface area contributed by atoms with Crippen LogP contribution in [0.15, 0.2) is 67.1 Å². The summed E-state index contributed by atoms with van der Waals surface area (Å²) >= 11 is 0. The summed E-state index contributed by atoms with van der Waals surface area (Å²) in [7, 11) is 3.08. The van der Waals surface area contributed by atoms with Gasteiger partial charge in [0, 0.05) is 24.1 Å². The first kappa shape index (κ1) is 20.2. The van der Waals surface area contributed by atoms with Gasteiger partial charge in [0.1, 0.15) is 17.1 Å². The van der Waals surface area contributed by atoms with E-state index in [2.05, 4.69) is 10.4 Å². The summed E-state index contributed by atoms with van der Waals surface area (Å²) in [5.41, 5.74) is 1.90. The van der Waals surface area contributed by atoms with Gasteiger partial charge < -0.3 is 19.4 Å². The number of hydrogen-bond donors (Lipinski definition) is 1. The van der Waals surface area contributed by atoms with E-state index in [9.17, 15) is 9.18 Å². The van der Waals surface area contributed by atoms with E-state index >= 15 is 0 Å². The van der Waals surface area contributed by atoms with Gasteiger partial charge >= 0.3 is 0 Å². The maximum absolute atomic E-state index is 14.5. The van der Waals surface area contributed by atoms with Crippen molar-refractivity contribution in [1.82, 2.24) is 14.3 Å². The Morgan fingerprint density at radius 1 is 1.03 bits per heavy atom. The number of carbonyl (C=O) groups is 1. The molecule has 2 aromatic heterocycles. The summed E-state index contributed by atoms with van der Waals surface area (Å²) in [5, 5.41) is 7.20. The van der Waals surface area contributed by atoms with Crippen molar-refractivity contribution < 1.29 is 18.7 Å². The monoisotopic (exact) mass is 420 g/mol. The smallest absolute Gasteiger partial charge is 0.261 e. The van der Waals surface area contributed by atoms with Gasteiger partial charge in [-0.25, -0.2) is 9.07 Å². The average Bonchev–Trinajstić information content (AvgIpc) is 3.44. The summed E-state index contributed by atoms with van der Waals surface area (Å²) in [6.07, 6.45) is 4.97. The lowest BCUT2D eigenvalue weighted by molar-refractivity contribution is 0.102. The molecule has 0 aliphatic rings. The first-order chi connectivity index (χ1) is 15.0. The second-order valence-corrected chi connectivity index (χ2v) is 6.81. The minimum Gasteiger partial charge on any atom is -0.493 e. The summed E-state index contributed by atoms with van der Waals surface area (Å²) in [6, 6.07) is 13.4. The Morgan fingerprint density at radius 2 is 1.71 bits per heavy atom. The third kappa shape index (κ3) is 3.75. The van der Waals surface area contributed by atoms with Gasteiger partial charge in [-0.3, -0.25) is 4.79 Å². The number of hydrogen-bond acceptors (Lipinski definition) is 4. The van der Waals surface area contributed by atoms with Crippen molar-refractivity contribution in [3.05, 3.63) is 84.1 Å². The fourth-order valence-corrected chi connectivity index (χ4v) is 3.33. The van der Waals surface area contributed by atoms with E-state index in [1.54, 1.807) is 54.4 Å². The molecule has 4 aromatic rings. The van der Waals surface area contributed by atoms with Crippen LogP contribution in [0.5, 0.6) is 11.5 Å². The van der Waals surface area contributed by atoms with Crippen molar-refractivity contribution in [3.8, 4) is 23.0 Å². The predicted molar refractivity (Wildman–Crippen MR) is 115 cm³/mol. The van der Waals surface area contributed by atoms with Crippen LogP contribution >= 0.6 is 0 Å². The van der Waals surface area contributed by atoms with Gasteiger partial charge in [-0.1, -0.05) is 12.1 Å². The predicted octanol–water partition coefficient (Wildman–Crippen LogP) is 4.38. The highest BCUT2D eigenvalue weighted by Gasteiger charge is 2.22. The maximum Gasteiger partial charge on any atom is 0.261 e. The van der Waals surface area contributed by atoms with Crippen LogP contribution in [0.1, 0.15) is 15.9 Å². The van der Waals surface area contributed by atoms with E-state index in [1.807, 2.05) is 19.1 Å². The molecule has 0 aliphatic heterocycles. The number of para-hydroxylation sites is 1. The van der Waals surface area contributed by atoms with Gasteiger partial charge in [0.15, 0.2) is 17.3 Å². The van der Waals surface area contributed by atoms with Gasteiger partial charge in [0.25, 0.3) is 5.91 Å². The van der Waals surface area contributed by atoms with Gasteiger partial charge in [-0.05, 0) is 42.8 Å². The minimum atomic E-state index is -0.443. The fourth-order valence-electron chi connectivity index (χ4n) is 3.33. The molecule has 158 valence electrons. The average molecular weight is 420 g/mol. The lowest BCUT2D eigenvalue weighted by Crippen LogP contribution is -2.16. The minimum absolute atomic E-state index is 0.243. The van der Waals surface area contributed by atoms with E-state index in [1.165, 1.54) is 24.1 Å². The summed E-state index contributed by atoms with van der Waals surface area (Å²) in [5.74, 6) is 0.656. The maximum atomic E-state index is 14.5. The molecular weight excluding hydrogens is 399 g/mol. The molecule has 0 radical (unpaired) electrons. The van der Waals surface area contributed by atoms with Gasteiger partial charge in [-0.15, -0.1) is 0 Å². The molecule has 0 unspecified atom stereocenters. The number of aromatic nitrogens is 3. The SMILES string of the molecule is COc1cc(C)c(NC(=O)c2cnn(-c3ccccc3F)c2-n2cccc2)cc1OC. The quantitative estimate of drug-likeness (QED) is 0.503. The van der Waals surface area contributed by atoms with Crippen LogP contribution in [0.4, 0.5) is 10.1 Å². The van der Waals surface area contributed by atoms with Crippen LogP contribution in [-0.4, -0.2) is 34.5 Å². The van der Waals surface area contributed by atoms with E-state index in [4.69, 9.17) is 9.47 Å². The van der Waals surface area contributed by atoms with Crippen molar-refractivity contribution in [2.45, 2.75) is 6.92 Å². The largest absolute Gasteiger partial charge is 0.493 e. The number of methoxy groups -OCH3 is 2. The summed E-state index contributed by atoms with van der Waals surface area (Å²) in [4.78, 5) is 13.2. The Bertz CT molecular complexity index is 1230. The number of benzene rings is 2. The molecule has 0 bridgehead atoms. The summed E-state index contributed by atoms with van der Waals surface area (Å²) < 4.78 is 28.2. The van der Waals surface area contributed by atoms with Gasteiger partial charge in [0.05, 0.1) is 20.4 Å². The number of aryl methyl sites for hydroxylation is 1. The highest BCUT2D eigenvalue weighted by molar-refractivity contribution is 6.07. The number of halogens is 1. The molecule has 0 fully saturated rings. The number of carbonyl (C=O) groups excluding carboxylic acids is 1. The molecule has 0 atom stereocenters. The second kappa shape index (κ2) is 8.35. The molecule has 4 rings (SSSR count). The number of amides is 1. The van der Waals surface area contributed by atoms with Crippen LogP contribution in [-0.2, 0) is 0 Å². The van der Waals surface area contributed by atoms with Crippen molar-refractivity contribution >= 4 is 11.6 Å². The molecule has 0 saturated heterocycles. The van der Waals surface area contributed by atoms with Crippen molar-refractivity contribution in [2.24, 2.45) is 0 Å². The third-order valence-corrected chi connectivity index (χ3v) is 4.90.